The van der Waals surface area contributed by atoms with Crippen molar-refractivity contribution in [3.05, 3.63) is 24.5 Å². The van der Waals surface area contributed by atoms with Crippen LogP contribution in [0.5, 0.6) is 0 Å². The lowest BCUT2D eigenvalue weighted by Crippen LogP contribution is -2.02. The Kier molecular flexibility index (Phi) is 6.44. The highest BCUT2D eigenvalue weighted by Gasteiger charge is 2.02. The first-order valence-electron chi connectivity index (χ1n) is 5.56. The van der Waals surface area contributed by atoms with Gasteiger partial charge in [-0.2, -0.15) is 0 Å². The van der Waals surface area contributed by atoms with Gasteiger partial charge in [-0.3, -0.25) is 4.98 Å². The molecule has 0 radical (unpaired) electrons. The predicted molar refractivity (Wildman–Crippen MR) is 67.0 cm³/mol. The number of thioether (sulfide) groups is 1. The monoisotopic (exact) mass is 224 g/mol. The molecule has 0 amide bonds. The summed E-state index contributed by atoms with van der Waals surface area (Å²) in [6, 6.07) is 4.13. The van der Waals surface area contributed by atoms with Crippen molar-refractivity contribution in [3.63, 3.8) is 0 Å². The van der Waals surface area contributed by atoms with Crippen LogP contribution in [0.4, 0.5) is 0 Å². The van der Waals surface area contributed by atoms with E-state index in [1.807, 2.05) is 24.2 Å². The molecule has 0 saturated heterocycles. The van der Waals surface area contributed by atoms with Gasteiger partial charge in [0, 0.05) is 23.0 Å². The van der Waals surface area contributed by atoms with Gasteiger partial charge >= 0.3 is 0 Å². The quantitative estimate of drug-likeness (QED) is 0.571. The van der Waals surface area contributed by atoms with Gasteiger partial charge in [0.1, 0.15) is 0 Å². The fourth-order valence-electron chi connectivity index (χ4n) is 1.39. The van der Waals surface area contributed by atoms with Crippen LogP contribution in [0.25, 0.3) is 0 Å². The summed E-state index contributed by atoms with van der Waals surface area (Å²) in [6.45, 7) is 3.13. The van der Waals surface area contributed by atoms with Crippen LogP contribution in [0.3, 0.4) is 0 Å². The van der Waals surface area contributed by atoms with Crippen molar-refractivity contribution < 1.29 is 0 Å². The minimum absolute atomic E-state index is 0.773. The minimum Gasteiger partial charge on any atom is -0.330 e. The van der Waals surface area contributed by atoms with Crippen molar-refractivity contribution >= 4 is 11.8 Å². The van der Waals surface area contributed by atoms with E-state index in [0.29, 0.717) is 0 Å². The summed E-state index contributed by atoms with van der Waals surface area (Å²) in [5.74, 6) is 1.96. The summed E-state index contributed by atoms with van der Waals surface area (Å²) in [6.07, 6.45) is 7.40. The molecular formula is C12H20N2S. The molecule has 0 aliphatic carbocycles. The summed E-state index contributed by atoms with van der Waals surface area (Å²) in [7, 11) is 0. The maximum Gasteiger partial charge on any atom is 0.0278 e. The van der Waals surface area contributed by atoms with Crippen molar-refractivity contribution in [2.75, 3.05) is 12.3 Å². The molecule has 84 valence electrons. The first-order valence-corrected chi connectivity index (χ1v) is 6.54. The highest BCUT2D eigenvalue weighted by molar-refractivity contribution is 7.99. The smallest absolute Gasteiger partial charge is 0.0278 e. The second kappa shape index (κ2) is 7.71. The average molecular weight is 224 g/mol. The lowest BCUT2D eigenvalue weighted by molar-refractivity contribution is 0.548. The van der Waals surface area contributed by atoms with Crippen molar-refractivity contribution in [1.29, 1.82) is 0 Å². The summed E-state index contributed by atoms with van der Waals surface area (Å²) in [5.41, 5.74) is 5.47. The molecule has 0 fully saturated rings. The molecule has 0 saturated carbocycles. The molecule has 0 aromatic carbocycles. The first-order chi connectivity index (χ1) is 7.33. The van der Waals surface area contributed by atoms with Gasteiger partial charge in [-0.15, -0.1) is 11.8 Å². The molecule has 0 bridgehead atoms. The zero-order valence-electron chi connectivity index (χ0n) is 9.36. The summed E-state index contributed by atoms with van der Waals surface area (Å²) < 4.78 is 0. The number of hydrogen-bond acceptors (Lipinski definition) is 3. The first kappa shape index (κ1) is 12.5. The molecule has 1 heterocycles. The molecule has 15 heavy (non-hydrogen) atoms. The predicted octanol–water partition coefficient (Wildman–Crippen LogP) is 2.94. The van der Waals surface area contributed by atoms with Crippen LogP contribution in [-0.2, 0) is 0 Å². The summed E-state index contributed by atoms with van der Waals surface area (Å²) in [5, 5.41) is 0. The molecule has 3 heteroatoms. The molecule has 1 aromatic heterocycles. The van der Waals surface area contributed by atoms with E-state index in [9.17, 15) is 0 Å². The van der Waals surface area contributed by atoms with Gasteiger partial charge in [-0.25, -0.2) is 0 Å². The van der Waals surface area contributed by atoms with E-state index in [1.165, 1.54) is 23.5 Å². The van der Waals surface area contributed by atoms with Crippen molar-refractivity contribution in [3.8, 4) is 0 Å². The number of unbranched alkanes of at least 4 members (excludes halogenated alkanes) is 1. The second-order valence-corrected chi connectivity index (χ2v) is 4.98. The van der Waals surface area contributed by atoms with E-state index in [1.54, 1.807) is 0 Å². The molecule has 1 atom stereocenters. The normalized spacial score (nSPS) is 12.7. The number of nitrogens with two attached hydrogens (primary N) is 1. The molecule has 1 unspecified atom stereocenters. The largest absolute Gasteiger partial charge is 0.330 e. The Morgan fingerprint density at radius 2 is 2.07 bits per heavy atom. The molecule has 2 nitrogen and oxygen atoms in total. The zero-order valence-corrected chi connectivity index (χ0v) is 10.2. The molecule has 1 rings (SSSR count). The SMILES string of the molecule is CC(CCCCN)CSc1ccncc1. The Labute approximate surface area is 96.7 Å². The van der Waals surface area contributed by atoms with Crippen LogP contribution in [0, 0.1) is 5.92 Å². The third kappa shape index (κ3) is 5.80. The molecule has 0 spiro atoms. The van der Waals surface area contributed by atoms with Crippen LogP contribution in [0.15, 0.2) is 29.4 Å². The van der Waals surface area contributed by atoms with Gasteiger partial charge in [-0.05, 0) is 37.4 Å². The van der Waals surface area contributed by atoms with Crippen LogP contribution < -0.4 is 5.73 Å². The molecule has 1 aromatic rings. The zero-order chi connectivity index (χ0) is 10.9. The maximum absolute atomic E-state index is 5.47. The number of rotatable bonds is 7. The Morgan fingerprint density at radius 1 is 1.33 bits per heavy atom. The van der Waals surface area contributed by atoms with Crippen LogP contribution in [-0.4, -0.2) is 17.3 Å². The lowest BCUT2D eigenvalue weighted by atomic mass is 10.1. The van der Waals surface area contributed by atoms with Crippen LogP contribution >= 0.6 is 11.8 Å². The average Bonchev–Trinajstić information content (AvgIpc) is 2.28. The minimum atomic E-state index is 0.773. The fraction of sp³-hybridized carbons (Fsp3) is 0.583. The summed E-state index contributed by atoms with van der Waals surface area (Å²) >= 11 is 1.92. The van der Waals surface area contributed by atoms with E-state index >= 15 is 0 Å². The third-order valence-corrected chi connectivity index (χ3v) is 3.68. The summed E-state index contributed by atoms with van der Waals surface area (Å²) in [4.78, 5) is 5.32. The second-order valence-electron chi connectivity index (χ2n) is 3.88. The third-order valence-electron chi connectivity index (χ3n) is 2.34. The number of aromatic nitrogens is 1. The van der Waals surface area contributed by atoms with Crippen LogP contribution in [0.2, 0.25) is 0 Å². The Hall–Kier alpha value is -0.540. The van der Waals surface area contributed by atoms with Crippen molar-refractivity contribution in [1.82, 2.24) is 4.98 Å². The highest BCUT2D eigenvalue weighted by atomic mass is 32.2. The number of pyridine rings is 1. The van der Waals surface area contributed by atoms with Crippen molar-refractivity contribution in [2.24, 2.45) is 11.7 Å². The topological polar surface area (TPSA) is 38.9 Å². The Bertz CT molecular complexity index is 251. The van der Waals surface area contributed by atoms with E-state index in [4.69, 9.17) is 5.73 Å². The van der Waals surface area contributed by atoms with Gasteiger partial charge in [0.2, 0.25) is 0 Å². The molecule has 0 aliphatic rings. The van der Waals surface area contributed by atoms with Gasteiger partial charge < -0.3 is 5.73 Å². The number of hydrogen-bond donors (Lipinski definition) is 1. The fourth-order valence-corrected chi connectivity index (χ4v) is 2.35. The molecular weight excluding hydrogens is 204 g/mol. The van der Waals surface area contributed by atoms with E-state index in [-0.39, 0.29) is 0 Å². The van der Waals surface area contributed by atoms with Gasteiger partial charge in [0.15, 0.2) is 0 Å². The lowest BCUT2D eigenvalue weighted by Gasteiger charge is -2.10. The molecule has 2 N–H and O–H groups in total. The van der Waals surface area contributed by atoms with Gasteiger partial charge in [0.05, 0.1) is 0 Å². The van der Waals surface area contributed by atoms with Gasteiger partial charge in [0.25, 0.3) is 0 Å². The standard InChI is InChI=1S/C12H20N2S/c1-11(4-2-3-7-13)10-15-12-5-8-14-9-6-12/h5-6,8-9,11H,2-4,7,10,13H2,1H3. The van der Waals surface area contributed by atoms with E-state index in [2.05, 4.69) is 24.0 Å². The molecule has 0 aliphatic heterocycles. The van der Waals surface area contributed by atoms with E-state index in [0.717, 1.165) is 18.9 Å². The Balaban J connectivity index is 2.14. The highest BCUT2D eigenvalue weighted by Crippen LogP contribution is 2.21. The van der Waals surface area contributed by atoms with E-state index < -0.39 is 0 Å². The van der Waals surface area contributed by atoms with Crippen molar-refractivity contribution in [2.45, 2.75) is 31.1 Å². The number of nitrogens with zero attached hydrogens (tertiary/aromatic N) is 1. The Morgan fingerprint density at radius 3 is 2.73 bits per heavy atom. The van der Waals surface area contributed by atoms with Gasteiger partial charge in [-0.1, -0.05) is 13.3 Å². The maximum atomic E-state index is 5.47. The van der Waals surface area contributed by atoms with Crippen LogP contribution in [0.1, 0.15) is 26.2 Å².